The summed E-state index contributed by atoms with van der Waals surface area (Å²) in [7, 11) is -1.17. The molecule has 154 valence electrons. The molecule has 29 heavy (non-hydrogen) atoms. The van der Waals surface area contributed by atoms with Gasteiger partial charge < -0.3 is 9.47 Å². The minimum absolute atomic E-state index is 0.327. The number of nitrogens with zero attached hydrogens (tertiary/aromatic N) is 3. The van der Waals surface area contributed by atoms with Gasteiger partial charge in [-0.05, 0) is 37.2 Å². The van der Waals surface area contributed by atoms with Gasteiger partial charge in [0.25, 0.3) is 0 Å². The fourth-order valence-corrected chi connectivity index (χ4v) is 3.83. The first-order chi connectivity index (χ1) is 13.8. The van der Waals surface area contributed by atoms with E-state index in [1.165, 1.54) is 6.20 Å². The van der Waals surface area contributed by atoms with E-state index in [9.17, 15) is 4.79 Å². The molecule has 0 saturated carbocycles. The van der Waals surface area contributed by atoms with Crippen LogP contribution < -0.4 is 0 Å². The van der Waals surface area contributed by atoms with Crippen LogP contribution in [0.1, 0.15) is 17.3 Å². The van der Waals surface area contributed by atoms with E-state index in [1.54, 1.807) is 31.3 Å². The minimum atomic E-state index is -1.17. The van der Waals surface area contributed by atoms with Gasteiger partial charge in [0.1, 0.15) is 12.4 Å². The van der Waals surface area contributed by atoms with Crippen molar-refractivity contribution in [2.24, 2.45) is 0 Å². The monoisotopic (exact) mass is 431 g/mol. The summed E-state index contributed by atoms with van der Waals surface area (Å²) in [6.45, 7) is 10.1. The Kier molecular flexibility index (Phi) is 6.72. The lowest BCUT2D eigenvalue weighted by molar-refractivity contribution is 0.0526. The number of aromatic nitrogens is 3. The highest BCUT2D eigenvalue weighted by Gasteiger charge is 2.17. The maximum absolute atomic E-state index is 11.9. The molecule has 3 aromatic rings. The van der Waals surface area contributed by atoms with Gasteiger partial charge in [0.05, 0.1) is 28.6 Å². The Balaban J connectivity index is 1.92. The van der Waals surface area contributed by atoms with Crippen LogP contribution >= 0.6 is 11.6 Å². The second kappa shape index (κ2) is 9.07. The molecule has 6 nitrogen and oxygen atoms in total. The quantitative estimate of drug-likeness (QED) is 0.277. The van der Waals surface area contributed by atoms with Crippen molar-refractivity contribution in [1.29, 1.82) is 0 Å². The minimum Gasteiger partial charge on any atom is -0.462 e. The Morgan fingerprint density at radius 3 is 2.66 bits per heavy atom. The highest BCUT2D eigenvalue weighted by Crippen LogP contribution is 2.30. The summed E-state index contributed by atoms with van der Waals surface area (Å²) in [5, 5.41) is 1.47. The van der Waals surface area contributed by atoms with Gasteiger partial charge in [-0.25, -0.2) is 9.78 Å². The topological polar surface area (TPSA) is 66.2 Å². The molecule has 0 spiro atoms. The van der Waals surface area contributed by atoms with Crippen LogP contribution in [0.15, 0.2) is 36.7 Å². The number of hydrogen-bond donors (Lipinski definition) is 0. The highest BCUT2D eigenvalue weighted by molar-refractivity contribution is 6.76. The molecule has 0 fully saturated rings. The lowest BCUT2D eigenvalue weighted by Crippen LogP contribution is -2.22. The maximum atomic E-state index is 11.9. The van der Waals surface area contributed by atoms with Crippen LogP contribution in [0.2, 0.25) is 30.7 Å². The molecule has 0 aliphatic heterocycles. The molecule has 0 aliphatic rings. The SMILES string of the molecule is CCOC(=O)c1ccc(-c2cc3c(Cl)ccnc3n2COCC[Si](C)(C)C)nc1. The molecular weight excluding hydrogens is 406 g/mol. The lowest BCUT2D eigenvalue weighted by atomic mass is 10.2. The molecule has 0 atom stereocenters. The van der Waals surface area contributed by atoms with Gasteiger partial charge in [0.15, 0.2) is 0 Å². The third kappa shape index (κ3) is 5.23. The van der Waals surface area contributed by atoms with Crippen molar-refractivity contribution >= 4 is 36.7 Å². The summed E-state index contributed by atoms with van der Waals surface area (Å²) in [4.78, 5) is 20.8. The van der Waals surface area contributed by atoms with Gasteiger partial charge in [-0.1, -0.05) is 31.2 Å². The van der Waals surface area contributed by atoms with E-state index in [-0.39, 0.29) is 5.97 Å². The van der Waals surface area contributed by atoms with E-state index >= 15 is 0 Å². The van der Waals surface area contributed by atoms with Crippen molar-refractivity contribution in [3.05, 3.63) is 47.2 Å². The summed E-state index contributed by atoms with van der Waals surface area (Å²) in [5.41, 5.74) is 2.71. The molecular formula is C21H26ClN3O3Si. The second-order valence-electron chi connectivity index (χ2n) is 7.99. The maximum Gasteiger partial charge on any atom is 0.339 e. The van der Waals surface area contributed by atoms with Crippen LogP contribution in [0.25, 0.3) is 22.4 Å². The second-order valence-corrected chi connectivity index (χ2v) is 14.0. The summed E-state index contributed by atoms with van der Waals surface area (Å²) < 4.78 is 13.0. The summed E-state index contributed by atoms with van der Waals surface area (Å²) in [6, 6.07) is 8.32. The van der Waals surface area contributed by atoms with Crippen LogP contribution in [-0.4, -0.2) is 41.8 Å². The van der Waals surface area contributed by atoms with Crippen molar-refractivity contribution in [1.82, 2.24) is 14.5 Å². The van der Waals surface area contributed by atoms with Crippen molar-refractivity contribution in [3.63, 3.8) is 0 Å². The Morgan fingerprint density at radius 1 is 1.21 bits per heavy atom. The Labute approximate surface area is 176 Å². The standard InChI is InChI=1S/C21H26ClN3O3Si/c1-5-28-21(26)15-6-7-18(24-13-15)19-12-16-17(22)8-9-23-20(16)25(19)14-27-10-11-29(2,3)4/h6-9,12-13H,5,10-11,14H2,1-4H3. The van der Waals surface area contributed by atoms with E-state index in [2.05, 4.69) is 29.6 Å². The van der Waals surface area contributed by atoms with Crippen LogP contribution in [0.4, 0.5) is 0 Å². The fourth-order valence-electron chi connectivity index (χ4n) is 2.87. The number of esters is 1. The smallest absolute Gasteiger partial charge is 0.339 e. The van der Waals surface area contributed by atoms with Crippen molar-refractivity contribution in [2.75, 3.05) is 13.2 Å². The molecule has 3 aromatic heterocycles. The van der Waals surface area contributed by atoms with E-state index in [0.717, 1.165) is 22.8 Å². The molecule has 0 amide bonds. The number of pyridine rings is 2. The van der Waals surface area contributed by atoms with Gasteiger partial charge in [-0.15, -0.1) is 0 Å². The van der Waals surface area contributed by atoms with E-state index in [4.69, 9.17) is 21.1 Å². The first-order valence-electron chi connectivity index (χ1n) is 9.65. The zero-order valence-electron chi connectivity index (χ0n) is 17.2. The number of hydrogen-bond acceptors (Lipinski definition) is 5. The molecule has 0 saturated heterocycles. The molecule has 3 rings (SSSR count). The van der Waals surface area contributed by atoms with Gasteiger partial charge in [0.2, 0.25) is 0 Å². The summed E-state index contributed by atoms with van der Waals surface area (Å²) in [5.74, 6) is -0.383. The van der Waals surface area contributed by atoms with Crippen LogP contribution in [0.3, 0.4) is 0 Å². The number of halogens is 1. The van der Waals surface area contributed by atoms with Crippen LogP contribution in [0.5, 0.6) is 0 Å². The van der Waals surface area contributed by atoms with E-state index < -0.39 is 8.07 Å². The normalized spacial score (nSPS) is 11.8. The molecule has 8 heteroatoms. The number of carbonyl (C=O) groups excluding carboxylic acids is 1. The average molecular weight is 432 g/mol. The van der Waals surface area contributed by atoms with Gasteiger partial charge >= 0.3 is 5.97 Å². The van der Waals surface area contributed by atoms with Gasteiger partial charge in [0, 0.05) is 32.5 Å². The highest BCUT2D eigenvalue weighted by atomic mass is 35.5. The molecule has 0 radical (unpaired) electrons. The predicted octanol–water partition coefficient (Wildman–Crippen LogP) is 5.24. The van der Waals surface area contributed by atoms with Gasteiger partial charge in [-0.2, -0.15) is 0 Å². The van der Waals surface area contributed by atoms with Crippen LogP contribution in [-0.2, 0) is 16.2 Å². The zero-order valence-corrected chi connectivity index (χ0v) is 19.0. The lowest BCUT2D eigenvalue weighted by Gasteiger charge is -2.16. The van der Waals surface area contributed by atoms with Crippen LogP contribution in [0, 0.1) is 0 Å². The first kappa shape index (κ1) is 21.5. The van der Waals surface area contributed by atoms with Crippen molar-refractivity contribution in [2.45, 2.75) is 39.3 Å². The molecule has 3 heterocycles. The van der Waals surface area contributed by atoms with Crippen molar-refractivity contribution in [3.8, 4) is 11.4 Å². The molecule has 0 aliphatic carbocycles. The van der Waals surface area contributed by atoms with Crippen molar-refractivity contribution < 1.29 is 14.3 Å². The third-order valence-corrected chi connectivity index (χ3v) is 6.53. The van der Waals surface area contributed by atoms with E-state index in [1.807, 2.05) is 10.6 Å². The average Bonchev–Trinajstić information content (AvgIpc) is 3.05. The summed E-state index contributed by atoms with van der Waals surface area (Å²) in [6.07, 6.45) is 3.21. The van der Waals surface area contributed by atoms with Gasteiger partial charge in [-0.3, -0.25) is 9.55 Å². The Hall–Kier alpha value is -2.22. The predicted molar refractivity (Wildman–Crippen MR) is 118 cm³/mol. The first-order valence-corrected chi connectivity index (χ1v) is 13.7. The number of fused-ring (bicyclic) bond motifs is 1. The number of rotatable bonds is 8. The van der Waals surface area contributed by atoms with E-state index in [0.29, 0.717) is 36.2 Å². The molecule has 0 N–H and O–H groups in total. The Bertz CT molecular complexity index is 997. The molecule has 0 bridgehead atoms. The fraction of sp³-hybridized carbons (Fsp3) is 0.381. The number of carbonyl (C=O) groups is 1. The number of ether oxygens (including phenoxy) is 2. The zero-order chi connectivity index (χ0) is 21.0. The molecule has 0 unspecified atom stereocenters. The Morgan fingerprint density at radius 2 is 2.00 bits per heavy atom. The third-order valence-electron chi connectivity index (χ3n) is 4.50. The summed E-state index contributed by atoms with van der Waals surface area (Å²) >= 11 is 6.38. The molecule has 0 aromatic carbocycles. The largest absolute Gasteiger partial charge is 0.462 e.